The molecule has 0 aliphatic heterocycles. The molecule has 6 unspecified atom stereocenters. The van der Waals surface area contributed by atoms with Gasteiger partial charge >= 0.3 is 5.97 Å². The minimum absolute atomic E-state index is 0.00897. The van der Waals surface area contributed by atoms with Gasteiger partial charge in [0, 0.05) is 12.8 Å². The van der Waals surface area contributed by atoms with Crippen LogP contribution in [-0.2, 0) is 9.53 Å². The van der Waals surface area contributed by atoms with E-state index in [1.165, 1.54) is 6.92 Å². The molecule has 0 saturated heterocycles. The largest absolute Gasteiger partial charge is 0.459 e. The molecule has 0 aromatic carbocycles. The van der Waals surface area contributed by atoms with Crippen molar-refractivity contribution in [3.05, 3.63) is 24.3 Å². The maximum Gasteiger partial charge on any atom is 0.303 e. The highest BCUT2D eigenvalue weighted by atomic mass is 16.6. The summed E-state index contributed by atoms with van der Waals surface area (Å²) in [4.78, 5) is 11.8. The standard InChI is InChI=1S/C22H36O4/c1-8-14(2)10-11-16-21(6)13-9-12-20(4,5)18(21)17(26-15(3)23)19(24)22(16,7)25/h8,10,16-19,24-25H,1,9,11-13H2,2-7H3/b14-10-. The molecule has 2 aliphatic carbocycles. The fraction of sp³-hybridized carbons (Fsp3) is 0.773. The molecule has 4 heteroatoms. The molecule has 4 nitrogen and oxygen atoms in total. The molecular weight excluding hydrogens is 328 g/mol. The number of fused-ring (bicyclic) bond motifs is 1. The SMILES string of the molecule is C=C/C(C)=C\CC1C(C)(O)C(O)C(OC(C)=O)C2C(C)(C)CCCC21C. The lowest BCUT2D eigenvalue weighted by atomic mass is 9.43. The van der Waals surface area contributed by atoms with E-state index in [2.05, 4.69) is 33.4 Å². The highest BCUT2D eigenvalue weighted by Gasteiger charge is 2.66. The molecule has 6 atom stereocenters. The Kier molecular flexibility index (Phi) is 5.80. The highest BCUT2D eigenvalue weighted by Crippen LogP contribution is 2.63. The lowest BCUT2D eigenvalue weighted by molar-refractivity contribution is -0.270. The molecule has 2 N–H and O–H groups in total. The smallest absolute Gasteiger partial charge is 0.303 e. The van der Waals surface area contributed by atoms with E-state index in [0.717, 1.165) is 24.8 Å². The predicted octanol–water partition coefficient (Wildman–Crippen LogP) is 4.01. The molecule has 2 aliphatic rings. The minimum atomic E-state index is -1.34. The van der Waals surface area contributed by atoms with Crippen LogP contribution in [0.2, 0.25) is 0 Å². The average molecular weight is 365 g/mol. The van der Waals surface area contributed by atoms with Crippen LogP contribution in [0.4, 0.5) is 0 Å². The maximum absolute atomic E-state index is 11.8. The summed E-state index contributed by atoms with van der Waals surface area (Å²) in [5.74, 6) is -0.545. The number of aliphatic hydroxyl groups excluding tert-OH is 1. The van der Waals surface area contributed by atoms with Crippen molar-refractivity contribution in [1.29, 1.82) is 0 Å². The van der Waals surface area contributed by atoms with Crippen LogP contribution in [0.1, 0.15) is 67.2 Å². The number of rotatable bonds is 4. The van der Waals surface area contributed by atoms with Crippen molar-refractivity contribution in [2.24, 2.45) is 22.7 Å². The van der Waals surface area contributed by atoms with Crippen LogP contribution in [0.5, 0.6) is 0 Å². The van der Waals surface area contributed by atoms with Crippen molar-refractivity contribution >= 4 is 5.97 Å². The van der Waals surface area contributed by atoms with E-state index in [0.29, 0.717) is 6.42 Å². The fourth-order valence-electron chi connectivity index (χ4n) is 5.95. The van der Waals surface area contributed by atoms with Crippen molar-refractivity contribution in [3.63, 3.8) is 0 Å². The summed E-state index contributed by atoms with van der Waals surface area (Å²) in [5, 5.41) is 22.4. The molecule has 0 heterocycles. The lowest BCUT2D eigenvalue weighted by Gasteiger charge is -2.64. The van der Waals surface area contributed by atoms with E-state index in [1.54, 1.807) is 13.0 Å². The number of allylic oxidation sites excluding steroid dienone is 3. The van der Waals surface area contributed by atoms with Gasteiger partial charge in [-0.3, -0.25) is 4.79 Å². The number of esters is 1. The summed E-state index contributed by atoms with van der Waals surface area (Å²) in [6, 6.07) is 0. The summed E-state index contributed by atoms with van der Waals surface area (Å²) in [6.45, 7) is 15.5. The Morgan fingerprint density at radius 2 is 1.85 bits per heavy atom. The molecule has 0 spiro atoms. The van der Waals surface area contributed by atoms with Crippen molar-refractivity contribution in [2.45, 2.75) is 85.0 Å². The second-order valence-corrected chi connectivity index (χ2v) is 9.51. The maximum atomic E-state index is 11.8. The zero-order chi connectivity index (χ0) is 19.9. The van der Waals surface area contributed by atoms with Crippen LogP contribution in [-0.4, -0.2) is 34.0 Å². The average Bonchev–Trinajstić information content (AvgIpc) is 2.50. The van der Waals surface area contributed by atoms with Crippen LogP contribution in [0.25, 0.3) is 0 Å². The lowest BCUT2D eigenvalue weighted by Crippen LogP contribution is -2.70. The van der Waals surface area contributed by atoms with Gasteiger partial charge in [-0.1, -0.05) is 51.5 Å². The molecule has 0 aromatic rings. The predicted molar refractivity (Wildman–Crippen MR) is 103 cm³/mol. The monoisotopic (exact) mass is 364 g/mol. The third-order valence-electron chi connectivity index (χ3n) is 7.13. The van der Waals surface area contributed by atoms with Gasteiger partial charge in [-0.2, -0.15) is 0 Å². The number of hydrogen-bond acceptors (Lipinski definition) is 4. The Labute approximate surface area is 158 Å². The van der Waals surface area contributed by atoms with Gasteiger partial charge in [0.2, 0.25) is 0 Å². The van der Waals surface area contributed by atoms with Gasteiger partial charge < -0.3 is 14.9 Å². The van der Waals surface area contributed by atoms with Gasteiger partial charge in [0.1, 0.15) is 12.2 Å². The van der Waals surface area contributed by atoms with Crippen LogP contribution >= 0.6 is 0 Å². The zero-order valence-electron chi connectivity index (χ0n) is 17.2. The Hall–Kier alpha value is -1.13. The second kappa shape index (κ2) is 7.12. The van der Waals surface area contributed by atoms with Gasteiger partial charge in [-0.15, -0.1) is 0 Å². The topological polar surface area (TPSA) is 66.8 Å². The highest BCUT2D eigenvalue weighted by molar-refractivity contribution is 5.66. The summed E-state index contributed by atoms with van der Waals surface area (Å²) < 4.78 is 5.62. The summed E-state index contributed by atoms with van der Waals surface area (Å²) in [5.41, 5.74) is -0.591. The Morgan fingerprint density at radius 1 is 1.23 bits per heavy atom. The first-order valence-electron chi connectivity index (χ1n) is 9.75. The van der Waals surface area contributed by atoms with Gasteiger partial charge in [0.15, 0.2) is 0 Å². The normalized spacial score (nSPS) is 42.7. The molecule has 2 fully saturated rings. The Balaban J connectivity index is 2.56. The molecule has 2 saturated carbocycles. The fourth-order valence-corrected chi connectivity index (χ4v) is 5.95. The quantitative estimate of drug-likeness (QED) is 0.584. The van der Waals surface area contributed by atoms with Crippen LogP contribution < -0.4 is 0 Å². The number of carbonyl (C=O) groups is 1. The zero-order valence-corrected chi connectivity index (χ0v) is 17.2. The molecule has 26 heavy (non-hydrogen) atoms. The van der Waals surface area contributed by atoms with Crippen LogP contribution in [0, 0.1) is 22.7 Å². The third-order valence-corrected chi connectivity index (χ3v) is 7.13. The first-order chi connectivity index (χ1) is 11.9. The molecule has 0 radical (unpaired) electrons. The number of carbonyl (C=O) groups excluding carboxylic acids is 1. The summed E-state index contributed by atoms with van der Waals surface area (Å²) in [6.07, 6.45) is 5.81. The molecule has 148 valence electrons. The van der Waals surface area contributed by atoms with Gasteiger partial charge in [-0.05, 0) is 49.9 Å². The van der Waals surface area contributed by atoms with Gasteiger partial charge in [0.25, 0.3) is 0 Å². The van der Waals surface area contributed by atoms with E-state index in [4.69, 9.17) is 4.74 Å². The third kappa shape index (κ3) is 3.50. The van der Waals surface area contributed by atoms with Crippen molar-refractivity contribution in [2.75, 3.05) is 0 Å². The van der Waals surface area contributed by atoms with Crippen LogP contribution in [0.3, 0.4) is 0 Å². The number of hydrogen-bond donors (Lipinski definition) is 2. The Morgan fingerprint density at radius 3 is 2.38 bits per heavy atom. The minimum Gasteiger partial charge on any atom is -0.459 e. The van der Waals surface area contributed by atoms with E-state index in [9.17, 15) is 15.0 Å². The second-order valence-electron chi connectivity index (χ2n) is 9.51. The van der Waals surface area contributed by atoms with Crippen molar-refractivity contribution in [3.8, 4) is 0 Å². The van der Waals surface area contributed by atoms with E-state index in [-0.39, 0.29) is 22.7 Å². The molecule has 0 amide bonds. The number of ether oxygens (including phenoxy) is 1. The number of aliphatic hydroxyl groups is 2. The van der Waals surface area contributed by atoms with E-state index < -0.39 is 23.8 Å². The summed E-state index contributed by atoms with van der Waals surface area (Å²) >= 11 is 0. The molecule has 0 bridgehead atoms. The van der Waals surface area contributed by atoms with Gasteiger partial charge in [0.05, 0.1) is 5.60 Å². The van der Waals surface area contributed by atoms with Crippen molar-refractivity contribution in [1.82, 2.24) is 0 Å². The Bertz CT molecular complexity index is 589. The van der Waals surface area contributed by atoms with Crippen molar-refractivity contribution < 1.29 is 19.7 Å². The van der Waals surface area contributed by atoms with Crippen LogP contribution in [0.15, 0.2) is 24.3 Å². The van der Waals surface area contributed by atoms with Gasteiger partial charge in [-0.25, -0.2) is 0 Å². The molecule has 0 aromatic heterocycles. The summed E-state index contributed by atoms with van der Waals surface area (Å²) in [7, 11) is 0. The van der Waals surface area contributed by atoms with E-state index in [1.807, 2.05) is 6.92 Å². The first kappa shape index (κ1) is 21.2. The first-order valence-corrected chi connectivity index (χ1v) is 9.75. The molecular formula is C22H36O4. The molecule has 2 rings (SSSR count). The van der Waals surface area contributed by atoms with E-state index >= 15 is 0 Å².